The van der Waals surface area contributed by atoms with E-state index in [1.807, 2.05) is 54.9 Å². The highest BCUT2D eigenvalue weighted by Gasteiger charge is 2.10. The number of nitrogens with zero attached hydrogens (tertiary/aromatic N) is 4. The Balaban J connectivity index is 1.58. The molecule has 0 unspecified atom stereocenters. The van der Waals surface area contributed by atoms with Gasteiger partial charge in [0.25, 0.3) is 0 Å². The number of hydrogen-bond donors (Lipinski definition) is 2. The zero-order chi connectivity index (χ0) is 21.1. The van der Waals surface area contributed by atoms with Crippen molar-refractivity contribution < 1.29 is 9.47 Å². The number of hydrogen-bond acceptors (Lipinski definition) is 7. The summed E-state index contributed by atoms with van der Waals surface area (Å²) in [6.45, 7) is 3.82. The largest absolute Gasteiger partial charge is 0.494 e. The molecule has 0 saturated heterocycles. The molecular weight excluding hydrogens is 380 g/mol. The Bertz CT molecular complexity index is 1190. The van der Waals surface area contributed by atoms with Crippen LogP contribution in [0, 0.1) is 13.8 Å². The third kappa shape index (κ3) is 4.33. The number of nitrogens with one attached hydrogen (secondary N) is 1. The zero-order valence-corrected chi connectivity index (χ0v) is 17.0. The summed E-state index contributed by atoms with van der Waals surface area (Å²) >= 11 is 0. The van der Waals surface area contributed by atoms with Gasteiger partial charge in [0, 0.05) is 41.5 Å². The Morgan fingerprint density at radius 3 is 2.60 bits per heavy atom. The van der Waals surface area contributed by atoms with Crippen LogP contribution in [0.1, 0.15) is 11.4 Å². The van der Waals surface area contributed by atoms with E-state index in [9.17, 15) is 0 Å². The molecule has 2 aromatic carbocycles. The minimum atomic E-state index is 0.419. The van der Waals surface area contributed by atoms with Crippen molar-refractivity contribution in [1.82, 2.24) is 19.5 Å². The highest BCUT2D eigenvalue weighted by Crippen LogP contribution is 2.29. The van der Waals surface area contributed by atoms with Gasteiger partial charge < -0.3 is 25.1 Å². The molecule has 0 spiro atoms. The van der Waals surface area contributed by atoms with E-state index < -0.39 is 0 Å². The lowest BCUT2D eigenvalue weighted by molar-refractivity contribution is 0.413. The summed E-state index contributed by atoms with van der Waals surface area (Å²) in [5, 5.41) is 3.21. The molecule has 8 heteroatoms. The normalized spacial score (nSPS) is 10.6. The topological polar surface area (TPSA) is 100 Å². The van der Waals surface area contributed by atoms with E-state index in [4.69, 9.17) is 15.2 Å². The minimum absolute atomic E-state index is 0.419. The molecule has 30 heavy (non-hydrogen) atoms. The van der Waals surface area contributed by atoms with Crippen LogP contribution in [0.15, 0.2) is 61.1 Å². The number of benzene rings is 2. The van der Waals surface area contributed by atoms with Gasteiger partial charge in [0.2, 0.25) is 11.8 Å². The van der Waals surface area contributed by atoms with Crippen molar-refractivity contribution in [1.29, 1.82) is 0 Å². The fraction of sp³-hybridized carbons (Fsp3) is 0.136. The second kappa shape index (κ2) is 8.12. The van der Waals surface area contributed by atoms with Gasteiger partial charge in [0.15, 0.2) is 0 Å². The van der Waals surface area contributed by atoms with E-state index in [2.05, 4.69) is 20.3 Å². The molecule has 0 atom stereocenters. The second-order valence-corrected chi connectivity index (χ2v) is 6.78. The summed E-state index contributed by atoms with van der Waals surface area (Å²) in [5.41, 5.74) is 9.81. The summed E-state index contributed by atoms with van der Waals surface area (Å²) in [6.07, 6.45) is 3.69. The molecule has 0 aliphatic heterocycles. The molecule has 0 saturated carbocycles. The van der Waals surface area contributed by atoms with Crippen molar-refractivity contribution in [3.05, 3.63) is 72.4 Å². The summed E-state index contributed by atoms with van der Waals surface area (Å²) in [7, 11) is 1.63. The second-order valence-electron chi connectivity index (χ2n) is 6.78. The fourth-order valence-corrected chi connectivity index (χ4v) is 3.00. The van der Waals surface area contributed by atoms with Crippen LogP contribution in [0.25, 0.3) is 5.69 Å². The standard InChI is InChI=1S/C22H22N6O2/c1-14-9-21(30-18-6-4-5-16(23)10-18)27-22(25-14)26-17-7-8-19(20(11-17)29-3)28-12-15(2)24-13-28/h4-13H,23H2,1-3H3,(H,25,26,27). The average molecular weight is 402 g/mol. The summed E-state index contributed by atoms with van der Waals surface area (Å²) in [4.78, 5) is 13.2. The van der Waals surface area contributed by atoms with E-state index in [0.717, 1.165) is 22.8 Å². The zero-order valence-electron chi connectivity index (χ0n) is 17.0. The third-order valence-electron chi connectivity index (χ3n) is 4.34. The van der Waals surface area contributed by atoms with E-state index >= 15 is 0 Å². The number of ether oxygens (including phenoxy) is 2. The van der Waals surface area contributed by atoms with Crippen molar-refractivity contribution in [2.75, 3.05) is 18.2 Å². The number of rotatable bonds is 6. The number of aryl methyl sites for hydroxylation is 2. The lowest BCUT2D eigenvalue weighted by atomic mass is 10.2. The molecule has 0 radical (unpaired) electrons. The van der Waals surface area contributed by atoms with Gasteiger partial charge in [-0.1, -0.05) is 6.07 Å². The number of aromatic nitrogens is 4. The van der Waals surface area contributed by atoms with Crippen LogP contribution in [0.2, 0.25) is 0 Å². The van der Waals surface area contributed by atoms with Gasteiger partial charge in [0.05, 0.1) is 24.8 Å². The van der Waals surface area contributed by atoms with Crippen molar-refractivity contribution in [2.45, 2.75) is 13.8 Å². The first-order valence-electron chi connectivity index (χ1n) is 9.35. The van der Waals surface area contributed by atoms with Crippen LogP contribution >= 0.6 is 0 Å². The Morgan fingerprint density at radius 2 is 1.87 bits per heavy atom. The minimum Gasteiger partial charge on any atom is -0.494 e. The van der Waals surface area contributed by atoms with Crippen LogP contribution in [0.3, 0.4) is 0 Å². The molecule has 0 aliphatic carbocycles. The number of nitrogens with two attached hydrogens (primary N) is 1. The first kappa shape index (κ1) is 19.3. The first-order chi connectivity index (χ1) is 14.5. The molecule has 0 amide bonds. The van der Waals surface area contributed by atoms with Gasteiger partial charge in [-0.25, -0.2) is 9.97 Å². The number of methoxy groups -OCH3 is 1. The highest BCUT2D eigenvalue weighted by molar-refractivity contribution is 5.62. The van der Waals surface area contributed by atoms with Crippen molar-refractivity contribution in [3.8, 4) is 23.1 Å². The SMILES string of the molecule is COc1cc(Nc2nc(C)cc(Oc3cccc(N)c3)n2)ccc1-n1cnc(C)c1. The maximum absolute atomic E-state index is 5.84. The lowest BCUT2D eigenvalue weighted by Gasteiger charge is -2.13. The monoisotopic (exact) mass is 402 g/mol. The highest BCUT2D eigenvalue weighted by atomic mass is 16.5. The number of anilines is 3. The van der Waals surface area contributed by atoms with Gasteiger partial charge in [0.1, 0.15) is 11.5 Å². The molecule has 4 aromatic rings. The van der Waals surface area contributed by atoms with Crippen LogP contribution in [-0.4, -0.2) is 26.6 Å². The van der Waals surface area contributed by atoms with Gasteiger partial charge in [-0.3, -0.25) is 0 Å². The first-order valence-corrected chi connectivity index (χ1v) is 9.35. The van der Waals surface area contributed by atoms with Crippen LogP contribution in [0.5, 0.6) is 17.4 Å². The van der Waals surface area contributed by atoms with Crippen molar-refractivity contribution in [3.63, 3.8) is 0 Å². The molecule has 2 heterocycles. The van der Waals surface area contributed by atoms with Gasteiger partial charge in [-0.05, 0) is 38.1 Å². The molecule has 3 N–H and O–H groups in total. The molecule has 8 nitrogen and oxygen atoms in total. The average Bonchev–Trinajstić information content (AvgIpc) is 3.13. The number of nitrogen functional groups attached to an aromatic ring is 1. The predicted molar refractivity (Wildman–Crippen MR) is 116 cm³/mol. The molecule has 0 aliphatic rings. The van der Waals surface area contributed by atoms with Gasteiger partial charge >= 0.3 is 0 Å². The predicted octanol–water partition coefficient (Wildman–Crippen LogP) is 4.41. The summed E-state index contributed by atoms with van der Waals surface area (Å²) in [5.74, 6) is 2.15. The summed E-state index contributed by atoms with van der Waals surface area (Å²) in [6, 6.07) is 14.7. The smallest absolute Gasteiger partial charge is 0.230 e. The van der Waals surface area contributed by atoms with Crippen molar-refractivity contribution in [2.24, 2.45) is 0 Å². The van der Waals surface area contributed by atoms with Gasteiger partial charge in [-0.2, -0.15) is 4.98 Å². The lowest BCUT2D eigenvalue weighted by Crippen LogP contribution is -2.02. The molecule has 4 rings (SSSR count). The molecule has 152 valence electrons. The molecule has 0 bridgehead atoms. The van der Waals surface area contributed by atoms with Crippen LogP contribution < -0.4 is 20.5 Å². The molecule has 0 fully saturated rings. The molecular formula is C22H22N6O2. The van der Waals surface area contributed by atoms with E-state index in [1.165, 1.54) is 0 Å². The Labute approximate surface area is 174 Å². The third-order valence-corrected chi connectivity index (χ3v) is 4.34. The van der Waals surface area contributed by atoms with Crippen molar-refractivity contribution >= 4 is 17.3 Å². The van der Waals surface area contributed by atoms with E-state index in [1.54, 1.807) is 31.6 Å². The van der Waals surface area contributed by atoms with Crippen LogP contribution in [-0.2, 0) is 0 Å². The van der Waals surface area contributed by atoms with E-state index in [0.29, 0.717) is 29.0 Å². The Kier molecular flexibility index (Phi) is 5.21. The maximum atomic E-state index is 5.84. The Morgan fingerprint density at radius 1 is 1.00 bits per heavy atom. The quantitative estimate of drug-likeness (QED) is 0.461. The van der Waals surface area contributed by atoms with Crippen LogP contribution in [0.4, 0.5) is 17.3 Å². The Hall–Kier alpha value is -4.07. The van der Waals surface area contributed by atoms with Gasteiger partial charge in [-0.15, -0.1) is 0 Å². The molecule has 2 aromatic heterocycles. The fourth-order valence-electron chi connectivity index (χ4n) is 3.00. The maximum Gasteiger partial charge on any atom is 0.230 e. The van der Waals surface area contributed by atoms with E-state index in [-0.39, 0.29) is 0 Å². The summed E-state index contributed by atoms with van der Waals surface area (Å²) < 4.78 is 13.3. The number of imidazole rings is 1.